The van der Waals surface area contributed by atoms with Crippen LogP contribution in [0.3, 0.4) is 0 Å². The largest absolute Gasteiger partial charge is 0.462 e. The smallest absolute Gasteiger partial charge is 0.306 e. The molecule has 0 aliphatic rings. The molecule has 0 aromatic rings. The number of rotatable bonds is 58. The Hall–Kier alpha value is -4.71. The quantitative estimate of drug-likeness (QED) is 0.0261. The fourth-order valence-electron chi connectivity index (χ4n) is 8.74. The van der Waals surface area contributed by atoms with Crippen LogP contribution in [0.1, 0.15) is 284 Å². The second-order valence-electron chi connectivity index (χ2n) is 21.3. The molecule has 0 heterocycles. The zero-order valence-electron chi connectivity index (χ0n) is 51.8. The van der Waals surface area contributed by atoms with E-state index in [1.807, 2.05) is 0 Å². The molecule has 0 radical (unpaired) electrons. The van der Waals surface area contributed by atoms with Gasteiger partial charge < -0.3 is 14.2 Å². The van der Waals surface area contributed by atoms with Gasteiger partial charge in [-0.15, -0.1) is 0 Å². The Bertz CT molecular complexity index is 1750. The zero-order valence-corrected chi connectivity index (χ0v) is 51.8. The number of carbonyl (C=O) groups is 3. The van der Waals surface area contributed by atoms with E-state index in [1.54, 1.807) is 0 Å². The third kappa shape index (κ3) is 64.1. The van der Waals surface area contributed by atoms with Crippen molar-refractivity contribution in [3.05, 3.63) is 146 Å². The van der Waals surface area contributed by atoms with Gasteiger partial charge in [-0.25, -0.2) is 0 Å². The van der Waals surface area contributed by atoms with Crippen molar-refractivity contribution >= 4 is 17.9 Å². The van der Waals surface area contributed by atoms with Crippen molar-refractivity contribution in [1.29, 1.82) is 0 Å². The molecule has 6 nitrogen and oxygen atoms in total. The number of ether oxygens (including phenoxy) is 3. The minimum atomic E-state index is -0.808. The predicted molar refractivity (Wildman–Crippen MR) is 348 cm³/mol. The van der Waals surface area contributed by atoms with Crippen LogP contribution in [0.15, 0.2) is 146 Å². The molecular weight excluding hydrogens is 985 g/mol. The van der Waals surface area contributed by atoms with Crippen LogP contribution in [-0.2, 0) is 28.6 Å². The van der Waals surface area contributed by atoms with Gasteiger partial charge in [0.2, 0.25) is 0 Å². The first-order valence-electron chi connectivity index (χ1n) is 32.8. The summed E-state index contributed by atoms with van der Waals surface area (Å²) in [5, 5.41) is 0. The Morgan fingerprint density at radius 1 is 0.263 bits per heavy atom. The topological polar surface area (TPSA) is 78.9 Å². The molecule has 0 aliphatic carbocycles. The van der Waals surface area contributed by atoms with Gasteiger partial charge in [-0.2, -0.15) is 0 Å². The second kappa shape index (κ2) is 66.8. The maximum atomic E-state index is 12.9. The Kier molecular flexibility index (Phi) is 62.9. The zero-order chi connectivity index (χ0) is 57.8. The molecule has 0 rings (SSSR count). The lowest BCUT2D eigenvalue weighted by molar-refractivity contribution is -0.167. The van der Waals surface area contributed by atoms with Crippen LogP contribution in [0, 0.1) is 0 Å². The second-order valence-corrected chi connectivity index (χ2v) is 21.3. The van der Waals surface area contributed by atoms with Crippen LogP contribution < -0.4 is 0 Å². The lowest BCUT2D eigenvalue weighted by atomic mass is 10.0. The van der Waals surface area contributed by atoms with Crippen LogP contribution >= 0.6 is 0 Å². The van der Waals surface area contributed by atoms with Gasteiger partial charge in [0.25, 0.3) is 0 Å². The molecule has 0 saturated carbocycles. The third-order valence-electron chi connectivity index (χ3n) is 13.6. The Balaban J connectivity index is 4.37. The molecule has 0 N–H and O–H groups in total. The van der Waals surface area contributed by atoms with E-state index in [1.165, 1.54) is 109 Å². The SMILES string of the molecule is CC/C=C\C/C=C\C/C=C\C/C=C\C/C=C\C/C=C\CCCCCCCCCCCCC(=O)OCC(COC(=O)CCCCCCCCCCCCCC)OC(=O)CCCC/C=C\C/C=C\C/C=C\C/C=C\C/C=C\C/C=C\CC. The summed E-state index contributed by atoms with van der Waals surface area (Å²) < 4.78 is 16.9. The summed E-state index contributed by atoms with van der Waals surface area (Å²) in [7, 11) is 0. The summed E-state index contributed by atoms with van der Waals surface area (Å²) in [6.45, 7) is 6.38. The van der Waals surface area contributed by atoms with E-state index < -0.39 is 6.10 Å². The summed E-state index contributed by atoms with van der Waals surface area (Å²) in [5.74, 6) is -0.946. The van der Waals surface area contributed by atoms with Crippen molar-refractivity contribution in [3.63, 3.8) is 0 Å². The molecule has 0 fully saturated rings. The Morgan fingerprint density at radius 2 is 0.487 bits per heavy atom. The van der Waals surface area contributed by atoms with Gasteiger partial charge in [0, 0.05) is 19.3 Å². The van der Waals surface area contributed by atoms with E-state index in [0.717, 1.165) is 128 Å². The van der Waals surface area contributed by atoms with Crippen LogP contribution in [0.5, 0.6) is 0 Å². The van der Waals surface area contributed by atoms with Crippen molar-refractivity contribution in [1.82, 2.24) is 0 Å². The van der Waals surface area contributed by atoms with Crippen LogP contribution in [-0.4, -0.2) is 37.2 Å². The van der Waals surface area contributed by atoms with Crippen molar-refractivity contribution < 1.29 is 28.6 Å². The maximum absolute atomic E-state index is 12.9. The summed E-state index contributed by atoms with van der Waals surface area (Å²) in [5.41, 5.74) is 0. The monoisotopic (exact) mass is 1100 g/mol. The molecule has 0 bridgehead atoms. The molecule has 6 heteroatoms. The van der Waals surface area contributed by atoms with Gasteiger partial charge in [-0.1, -0.05) is 289 Å². The van der Waals surface area contributed by atoms with Crippen molar-refractivity contribution in [2.24, 2.45) is 0 Å². The van der Waals surface area contributed by atoms with Crippen LogP contribution in [0.25, 0.3) is 0 Å². The number of esters is 3. The average molecular weight is 1110 g/mol. The van der Waals surface area contributed by atoms with Crippen LogP contribution in [0.2, 0.25) is 0 Å². The van der Waals surface area contributed by atoms with Gasteiger partial charge in [-0.3, -0.25) is 14.4 Å². The molecule has 0 aliphatic heterocycles. The number of carbonyl (C=O) groups excluding carboxylic acids is 3. The van der Waals surface area contributed by atoms with Gasteiger partial charge in [-0.05, 0) is 122 Å². The molecule has 0 aromatic carbocycles. The highest BCUT2D eigenvalue weighted by Gasteiger charge is 2.19. The summed E-state index contributed by atoms with van der Waals surface area (Å²) in [4.78, 5) is 38.3. The number of hydrogen-bond donors (Lipinski definition) is 0. The summed E-state index contributed by atoms with van der Waals surface area (Å²) in [6, 6.07) is 0. The molecule has 1 atom stereocenters. The van der Waals surface area contributed by atoms with E-state index in [-0.39, 0.29) is 37.5 Å². The number of unbranched alkanes of at least 4 members (excludes halogenated alkanes) is 23. The standard InChI is InChI=1S/C74H120O6/c1-4-7-10-13-16-19-22-25-27-29-31-33-34-35-36-37-38-39-40-42-43-45-47-49-52-55-58-61-64-67-73(76)79-70-71(69-78-72(75)66-63-60-57-54-51-24-21-18-15-12-9-6-3)80-74(77)68-65-62-59-56-53-50-48-46-44-41-32-30-28-26-23-20-17-14-11-8-5-2/h7-8,10-11,16-17,19-20,25-28,31-33,35-36,38-39,41,46,48,53,56,71H,4-6,9,12-15,18,21-24,29-30,34,37,40,42-45,47,49-52,54-55,57-70H2,1-3H3/b10-7-,11-8-,19-16-,20-17-,27-25-,28-26-,33-31-,36-35-,39-38-,41-32-,48-46-,56-53-. The molecule has 0 spiro atoms. The molecule has 452 valence electrons. The number of hydrogen-bond acceptors (Lipinski definition) is 6. The van der Waals surface area contributed by atoms with Crippen molar-refractivity contribution in [2.75, 3.05) is 13.2 Å². The number of allylic oxidation sites excluding steroid dienone is 24. The molecule has 0 aromatic heterocycles. The summed E-state index contributed by atoms with van der Waals surface area (Å²) in [6.07, 6.45) is 95.7. The molecule has 0 amide bonds. The summed E-state index contributed by atoms with van der Waals surface area (Å²) >= 11 is 0. The molecule has 80 heavy (non-hydrogen) atoms. The lowest BCUT2D eigenvalue weighted by Gasteiger charge is -2.18. The highest BCUT2D eigenvalue weighted by molar-refractivity contribution is 5.71. The molecular formula is C74H120O6. The van der Waals surface area contributed by atoms with Gasteiger partial charge in [0.1, 0.15) is 13.2 Å². The highest BCUT2D eigenvalue weighted by atomic mass is 16.6. The normalized spacial score (nSPS) is 13.1. The minimum Gasteiger partial charge on any atom is -0.462 e. The first kappa shape index (κ1) is 75.3. The van der Waals surface area contributed by atoms with Crippen molar-refractivity contribution in [3.8, 4) is 0 Å². The fourth-order valence-corrected chi connectivity index (χ4v) is 8.74. The van der Waals surface area contributed by atoms with Gasteiger partial charge in [0.05, 0.1) is 0 Å². The fraction of sp³-hybridized carbons (Fsp3) is 0.635. The van der Waals surface area contributed by atoms with E-state index in [4.69, 9.17) is 14.2 Å². The Labute approximate surface area is 493 Å². The first-order chi connectivity index (χ1) is 39.5. The lowest BCUT2D eigenvalue weighted by Crippen LogP contribution is -2.30. The maximum Gasteiger partial charge on any atom is 0.306 e. The van der Waals surface area contributed by atoms with Gasteiger partial charge in [0.15, 0.2) is 6.10 Å². The van der Waals surface area contributed by atoms with E-state index in [2.05, 4.69) is 167 Å². The van der Waals surface area contributed by atoms with E-state index in [0.29, 0.717) is 19.3 Å². The predicted octanol–water partition coefficient (Wildman–Crippen LogP) is 22.7. The highest BCUT2D eigenvalue weighted by Crippen LogP contribution is 2.15. The molecule has 1 unspecified atom stereocenters. The van der Waals surface area contributed by atoms with Crippen molar-refractivity contribution in [2.45, 2.75) is 290 Å². The van der Waals surface area contributed by atoms with Gasteiger partial charge >= 0.3 is 17.9 Å². The van der Waals surface area contributed by atoms with E-state index >= 15 is 0 Å². The van der Waals surface area contributed by atoms with E-state index in [9.17, 15) is 14.4 Å². The first-order valence-corrected chi connectivity index (χ1v) is 32.8. The average Bonchev–Trinajstić information content (AvgIpc) is 3.46. The minimum absolute atomic E-state index is 0.0991. The Morgan fingerprint density at radius 3 is 0.787 bits per heavy atom. The molecule has 0 saturated heterocycles. The van der Waals surface area contributed by atoms with Crippen LogP contribution in [0.4, 0.5) is 0 Å². The third-order valence-corrected chi connectivity index (χ3v) is 13.6.